The molecule has 1 aromatic heterocycles. The predicted molar refractivity (Wildman–Crippen MR) is 102 cm³/mol. The molecule has 0 fully saturated rings. The van der Waals surface area contributed by atoms with Gasteiger partial charge < -0.3 is 5.32 Å². The van der Waals surface area contributed by atoms with Crippen LogP contribution in [-0.2, 0) is 6.18 Å². The van der Waals surface area contributed by atoms with Crippen LogP contribution in [0.4, 0.5) is 18.9 Å². The van der Waals surface area contributed by atoms with E-state index in [4.69, 9.17) is 23.2 Å². The normalized spacial score (nSPS) is 11.5. The lowest BCUT2D eigenvalue weighted by atomic mass is 10.0. The molecule has 9 heteroatoms. The highest BCUT2D eigenvalue weighted by Gasteiger charge is 2.39. The van der Waals surface area contributed by atoms with Crippen molar-refractivity contribution in [2.45, 2.75) is 13.1 Å². The number of carbonyl (C=O) groups is 1. The van der Waals surface area contributed by atoms with Crippen LogP contribution >= 0.6 is 34.5 Å². The fraction of sp³-hybridized carbons (Fsp3) is 0.111. The number of nitrogens with one attached hydrogen (secondary N) is 1. The SMILES string of the molecule is Cc1nc(C(F)(F)F)c(C(=O)Nc2ccccc2-c2ccc(Cl)cc2Cl)s1. The van der Waals surface area contributed by atoms with Gasteiger partial charge in [0.15, 0.2) is 5.69 Å². The van der Waals surface area contributed by atoms with Crippen molar-refractivity contribution in [1.29, 1.82) is 0 Å². The molecule has 0 aliphatic rings. The lowest BCUT2D eigenvalue weighted by Gasteiger charge is -2.13. The van der Waals surface area contributed by atoms with Crippen LogP contribution in [0.2, 0.25) is 10.0 Å². The zero-order chi connectivity index (χ0) is 19.8. The number of rotatable bonds is 3. The highest BCUT2D eigenvalue weighted by molar-refractivity contribution is 7.13. The third kappa shape index (κ3) is 4.26. The Morgan fingerprint density at radius 2 is 1.81 bits per heavy atom. The monoisotopic (exact) mass is 430 g/mol. The molecule has 2 aromatic carbocycles. The molecule has 0 saturated heterocycles. The van der Waals surface area contributed by atoms with Gasteiger partial charge in [0, 0.05) is 26.9 Å². The maximum atomic E-state index is 13.1. The van der Waals surface area contributed by atoms with Gasteiger partial charge in [0.1, 0.15) is 4.88 Å². The first kappa shape index (κ1) is 19.7. The Hall–Kier alpha value is -2.09. The lowest BCUT2D eigenvalue weighted by molar-refractivity contribution is -0.141. The molecule has 1 amide bonds. The molecule has 3 nitrogen and oxygen atoms in total. The number of halogens is 5. The lowest BCUT2D eigenvalue weighted by Crippen LogP contribution is -2.17. The van der Waals surface area contributed by atoms with E-state index in [9.17, 15) is 18.0 Å². The summed E-state index contributed by atoms with van der Waals surface area (Å²) < 4.78 is 39.4. The molecule has 1 N–H and O–H groups in total. The van der Waals surface area contributed by atoms with Crippen LogP contribution in [0.1, 0.15) is 20.4 Å². The molecule has 27 heavy (non-hydrogen) atoms. The molecule has 0 saturated carbocycles. The molecule has 0 atom stereocenters. The topological polar surface area (TPSA) is 42.0 Å². The second-order valence-corrected chi connectivity index (χ2v) is 7.58. The zero-order valence-electron chi connectivity index (χ0n) is 13.7. The van der Waals surface area contributed by atoms with Crippen molar-refractivity contribution in [1.82, 2.24) is 4.98 Å². The van der Waals surface area contributed by atoms with Crippen LogP contribution in [0.5, 0.6) is 0 Å². The van der Waals surface area contributed by atoms with Crippen LogP contribution < -0.4 is 5.32 Å². The zero-order valence-corrected chi connectivity index (χ0v) is 16.0. The Bertz CT molecular complexity index is 1020. The molecule has 1 heterocycles. The molecule has 140 valence electrons. The van der Waals surface area contributed by atoms with Crippen LogP contribution in [0.3, 0.4) is 0 Å². The fourth-order valence-corrected chi connectivity index (χ4v) is 3.83. The number of hydrogen-bond donors (Lipinski definition) is 1. The largest absolute Gasteiger partial charge is 0.435 e. The Morgan fingerprint density at radius 1 is 1.11 bits per heavy atom. The molecular formula is C18H11Cl2F3N2OS. The number of hydrogen-bond acceptors (Lipinski definition) is 3. The number of aromatic nitrogens is 1. The van der Waals surface area contributed by atoms with E-state index >= 15 is 0 Å². The van der Waals surface area contributed by atoms with Crippen LogP contribution in [0, 0.1) is 6.92 Å². The Balaban J connectivity index is 2.00. The van der Waals surface area contributed by atoms with E-state index in [1.807, 2.05) is 0 Å². The summed E-state index contributed by atoms with van der Waals surface area (Å²) in [6, 6.07) is 11.5. The second kappa shape index (κ2) is 7.50. The summed E-state index contributed by atoms with van der Waals surface area (Å²) >= 11 is 12.8. The summed E-state index contributed by atoms with van der Waals surface area (Å²) in [4.78, 5) is 15.5. The quantitative estimate of drug-likeness (QED) is 0.502. The van der Waals surface area contributed by atoms with Crippen LogP contribution in [-0.4, -0.2) is 10.9 Å². The second-order valence-electron chi connectivity index (χ2n) is 5.53. The van der Waals surface area contributed by atoms with E-state index < -0.39 is 22.7 Å². The van der Waals surface area contributed by atoms with Crippen molar-refractivity contribution in [2.24, 2.45) is 0 Å². The van der Waals surface area contributed by atoms with Crippen molar-refractivity contribution < 1.29 is 18.0 Å². The fourth-order valence-electron chi connectivity index (χ4n) is 2.49. The standard InChI is InChI=1S/C18H11Cl2F3N2OS/c1-9-24-16(18(21,22)23)15(27-9)17(26)25-14-5-3-2-4-12(14)11-7-6-10(19)8-13(11)20/h2-8H,1H3,(H,25,26). The van der Waals surface area contributed by atoms with Crippen molar-refractivity contribution in [3.8, 4) is 11.1 Å². The maximum Gasteiger partial charge on any atom is 0.435 e. The van der Waals surface area contributed by atoms with Gasteiger partial charge in [-0.25, -0.2) is 4.98 Å². The number of aryl methyl sites for hydroxylation is 1. The Kier molecular flexibility index (Phi) is 5.46. The first-order valence-corrected chi connectivity index (χ1v) is 9.14. The molecule has 3 rings (SSSR count). The summed E-state index contributed by atoms with van der Waals surface area (Å²) in [5.41, 5.74) is 0.284. The van der Waals surface area contributed by atoms with E-state index in [-0.39, 0.29) is 5.01 Å². The number of benzene rings is 2. The van der Waals surface area contributed by atoms with Crippen molar-refractivity contribution >= 4 is 46.1 Å². The molecule has 0 aliphatic carbocycles. The van der Waals surface area contributed by atoms with E-state index in [2.05, 4.69) is 10.3 Å². The van der Waals surface area contributed by atoms with Gasteiger partial charge in [-0.3, -0.25) is 4.79 Å². The molecule has 3 aromatic rings. The minimum Gasteiger partial charge on any atom is -0.321 e. The Labute approximate surface area is 166 Å². The molecule has 0 aliphatic heterocycles. The van der Waals surface area contributed by atoms with Crippen LogP contribution in [0.25, 0.3) is 11.1 Å². The van der Waals surface area contributed by atoms with Gasteiger partial charge in [-0.15, -0.1) is 11.3 Å². The average molecular weight is 431 g/mol. The number of thiazole rings is 1. The third-order valence-electron chi connectivity index (χ3n) is 3.61. The molecular weight excluding hydrogens is 420 g/mol. The van der Waals surface area contributed by atoms with E-state index in [1.54, 1.807) is 42.5 Å². The molecule has 0 spiro atoms. The minimum absolute atomic E-state index is 0.154. The van der Waals surface area contributed by atoms with Gasteiger partial charge in [-0.2, -0.15) is 13.2 Å². The van der Waals surface area contributed by atoms with Gasteiger partial charge in [0.2, 0.25) is 0 Å². The minimum atomic E-state index is -4.71. The van der Waals surface area contributed by atoms with Gasteiger partial charge >= 0.3 is 6.18 Å². The molecule has 0 radical (unpaired) electrons. The predicted octanol–water partition coefficient (Wildman–Crippen LogP) is 6.70. The van der Waals surface area contributed by atoms with Crippen LogP contribution in [0.15, 0.2) is 42.5 Å². The first-order chi connectivity index (χ1) is 12.7. The number of anilines is 1. The summed E-state index contributed by atoms with van der Waals surface area (Å²) in [6.45, 7) is 1.41. The van der Waals surface area contributed by atoms with Crippen molar-refractivity contribution in [2.75, 3.05) is 5.32 Å². The van der Waals surface area contributed by atoms with Crippen molar-refractivity contribution in [3.05, 3.63) is 68.1 Å². The Morgan fingerprint density at radius 3 is 2.48 bits per heavy atom. The van der Waals surface area contributed by atoms with Gasteiger partial charge in [0.05, 0.1) is 5.01 Å². The van der Waals surface area contributed by atoms with Gasteiger partial charge in [-0.1, -0.05) is 47.5 Å². The average Bonchev–Trinajstić information content (AvgIpc) is 2.98. The number of nitrogens with zero attached hydrogens (tertiary/aromatic N) is 1. The van der Waals surface area contributed by atoms with E-state index in [1.165, 1.54) is 6.92 Å². The van der Waals surface area contributed by atoms with Crippen molar-refractivity contribution in [3.63, 3.8) is 0 Å². The summed E-state index contributed by atoms with van der Waals surface area (Å²) in [5, 5.41) is 3.49. The highest BCUT2D eigenvalue weighted by atomic mass is 35.5. The third-order valence-corrected chi connectivity index (χ3v) is 5.12. The van der Waals surface area contributed by atoms with Gasteiger partial charge in [-0.05, 0) is 25.1 Å². The molecule has 0 unspecified atom stereocenters. The number of para-hydroxylation sites is 1. The summed E-state index contributed by atoms with van der Waals surface area (Å²) in [6.07, 6.45) is -4.71. The maximum absolute atomic E-state index is 13.1. The van der Waals surface area contributed by atoms with E-state index in [0.29, 0.717) is 38.2 Å². The first-order valence-electron chi connectivity index (χ1n) is 7.57. The number of amides is 1. The summed E-state index contributed by atoms with van der Waals surface area (Å²) in [7, 11) is 0. The van der Waals surface area contributed by atoms with Gasteiger partial charge in [0.25, 0.3) is 5.91 Å². The number of alkyl halides is 3. The smallest absolute Gasteiger partial charge is 0.321 e. The van der Waals surface area contributed by atoms with E-state index in [0.717, 1.165) is 0 Å². The highest BCUT2D eigenvalue weighted by Crippen LogP contribution is 2.37. The number of carbonyl (C=O) groups excluding carboxylic acids is 1. The summed E-state index contributed by atoms with van der Waals surface area (Å²) in [5.74, 6) is -0.884. The molecule has 0 bridgehead atoms.